The molecule has 3 aromatic heterocycles. The predicted molar refractivity (Wildman–Crippen MR) is 91.9 cm³/mol. The Hall–Kier alpha value is -2.73. The number of pyridine rings is 1. The van der Waals surface area contributed by atoms with Gasteiger partial charge < -0.3 is 9.72 Å². The number of hydrogen-bond donors (Lipinski definition) is 1. The largest absolute Gasteiger partial charge is 0.326 e. The third-order valence-electron chi connectivity index (χ3n) is 3.76. The molecule has 23 heavy (non-hydrogen) atoms. The van der Waals surface area contributed by atoms with Gasteiger partial charge in [-0.3, -0.25) is 4.79 Å². The summed E-state index contributed by atoms with van der Waals surface area (Å²) in [6.45, 7) is 2.01. The third-order valence-corrected chi connectivity index (χ3v) is 4.57. The van der Waals surface area contributed by atoms with Crippen LogP contribution in [0.3, 0.4) is 0 Å². The number of fused-ring (bicyclic) bond motifs is 2. The lowest BCUT2D eigenvalue weighted by Crippen LogP contribution is -2.15. The molecule has 0 saturated carbocycles. The minimum absolute atomic E-state index is 0.0668. The maximum Gasteiger partial charge on any atom is 0.230 e. The Morgan fingerprint density at radius 1 is 1.30 bits per heavy atom. The van der Waals surface area contributed by atoms with Gasteiger partial charge in [0.1, 0.15) is 5.65 Å². The molecule has 1 aromatic carbocycles. The summed E-state index contributed by atoms with van der Waals surface area (Å²) in [6.07, 6.45) is 3.96. The lowest BCUT2D eigenvalue weighted by atomic mass is 10.2. The van der Waals surface area contributed by atoms with Crippen LogP contribution in [-0.2, 0) is 11.2 Å². The van der Waals surface area contributed by atoms with Gasteiger partial charge in [-0.05, 0) is 36.8 Å². The number of amides is 1. The number of aromatic nitrogens is 3. The third kappa shape index (κ3) is 2.57. The Labute approximate surface area is 136 Å². The highest BCUT2D eigenvalue weighted by Gasteiger charge is 2.10. The SMILES string of the molecule is Cc1cccn2c(CC(=O)Nc3ccc4scnc4c3)cnc12. The van der Waals surface area contributed by atoms with Crippen molar-refractivity contribution in [1.29, 1.82) is 0 Å². The number of anilines is 1. The first kappa shape index (κ1) is 13.9. The van der Waals surface area contributed by atoms with Gasteiger partial charge >= 0.3 is 0 Å². The Morgan fingerprint density at radius 2 is 2.22 bits per heavy atom. The van der Waals surface area contributed by atoms with Gasteiger partial charge in [0.25, 0.3) is 0 Å². The van der Waals surface area contributed by atoms with Gasteiger partial charge in [0.15, 0.2) is 0 Å². The first-order chi connectivity index (χ1) is 11.2. The van der Waals surface area contributed by atoms with Crippen LogP contribution in [0.15, 0.2) is 48.2 Å². The van der Waals surface area contributed by atoms with E-state index >= 15 is 0 Å². The number of thiazole rings is 1. The van der Waals surface area contributed by atoms with Crippen LogP contribution in [0.25, 0.3) is 15.9 Å². The van der Waals surface area contributed by atoms with Gasteiger partial charge in [0.2, 0.25) is 5.91 Å². The molecule has 5 nitrogen and oxygen atoms in total. The van der Waals surface area contributed by atoms with E-state index in [2.05, 4.69) is 15.3 Å². The molecule has 1 N–H and O–H groups in total. The number of imidazole rings is 1. The summed E-state index contributed by atoms with van der Waals surface area (Å²) in [6, 6.07) is 9.73. The molecule has 0 aliphatic rings. The van der Waals surface area contributed by atoms with Gasteiger partial charge in [-0.25, -0.2) is 9.97 Å². The van der Waals surface area contributed by atoms with Crippen LogP contribution in [0, 0.1) is 6.92 Å². The van der Waals surface area contributed by atoms with Crippen LogP contribution >= 0.6 is 11.3 Å². The van der Waals surface area contributed by atoms with E-state index in [4.69, 9.17) is 0 Å². The van der Waals surface area contributed by atoms with Crippen molar-refractivity contribution in [2.45, 2.75) is 13.3 Å². The monoisotopic (exact) mass is 322 g/mol. The fourth-order valence-corrected chi connectivity index (χ4v) is 3.30. The standard InChI is InChI=1S/C17H14N4OS/c1-11-3-2-6-21-13(9-18-17(11)21)8-16(22)20-12-4-5-15-14(7-12)19-10-23-15/h2-7,9-10H,8H2,1H3,(H,20,22). The second kappa shape index (κ2) is 5.48. The molecule has 114 valence electrons. The first-order valence-corrected chi connectivity index (χ1v) is 8.13. The molecular formula is C17H14N4OS. The van der Waals surface area contributed by atoms with Crippen LogP contribution in [0.4, 0.5) is 5.69 Å². The Kier molecular flexibility index (Phi) is 3.31. The smallest absolute Gasteiger partial charge is 0.230 e. The normalized spacial score (nSPS) is 11.2. The van der Waals surface area contributed by atoms with E-state index in [9.17, 15) is 4.79 Å². The number of benzene rings is 1. The summed E-state index contributed by atoms with van der Waals surface area (Å²) in [5.74, 6) is -0.0668. The van der Waals surface area contributed by atoms with Gasteiger partial charge in [-0.2, -0.15) is 0 Å². The number of hydrogen-bond acceptors (Lipinski definition) is 4. The van der Waals surface area contributed by atoms with E-state index in [1.165, 1.54) is 0 Å². The number of nitrogens with zero attached hydrogens (tertiary/aromatic N) is 3. The molecule has 4 aromatic rings. The number of aryl methyl sites for hydroxylation is 1. The Morgan fingerprint density at radius 3 is 3.13 bits per heavy atom. The van der Waals surface area contributed by atoms with Gasteiger partial charge in [-0.1, -0.05) is 6.07 Å². The molecule has 4 rings (SSSR count). The zero-order valence-electron chi connectivity index (χ0n) is 12.5. The molecular weight excluding hydrogens is 308 g/mol. The van der Waals surface area contributed by atoms with Crippen molar-refractivity contribution in [3.05, 3.63) is 59.5 Å². The highest BCUT2D eigenvalue weighted by molar-refractivity contribution is 7.16. The second-order valence-electron chi connectivity index (χ2n) is 5.39. The number of nitrogens with one attached hydrogen (secondary N) is 1. The maximum atomic E-state index is 12.3. The molecule has 1 amide bonds. The minimum Gasteiger partial charge on any atom is -0.326 e. The van der Waals surface area contributed by atoms with Crippen molar-refractivity contribution >= 4 is 38.8 Å². The van der Waals surface area contributed by atoms with E-state index in [-0.39, 0.29) is 12.3 Å². The van der Waals surface area contributed by atoms with E-state index in [0.717, 1.165) is 32.8 Å². The number of carbonyl (C=O) groups is 1. The number of rotatable bonds is 3. The van der Waals surface area contributed by atoms with Crippen LogP contribution in [0.2, 0.25) is 0 Å². The van der Waals surface area contributed by atoms with Gasteiger partial charge in [-0.15, -0.1) is 11.3 Å². The van der Waals surface area contributed by atoms with Crippen LogP contribution < -0.4 is 5.32 Å². The minimum atomic E-state index is -0.0668. The molecule has 0 atom stereocenters. The average Bonchev–Trinajstić information content (AvgIpc) is 3.15. The summed E-state index contributed by atoms with van der Waals surface area (Å²) < 4.78 is 3.07. The average molecular weight is 322 g/mol. The van der Waals surface area contributed by atoms with Crippen LogP contribution in [-0.4, -0.2) is 20.3 Å². The fraction of sp³-hybridized carbons (Fsp3) is 0.118. The predicted octanol–water partition coefficient (Wildman–Crippen LogP) is 3.43. The lowest BCUT2D eigenvalue weighted by molar-refractivity contribution is -0.115. The summed E-state index contributed by atoms with van der Waals surface area (Å²) in [5, 5.41) is 2.93. The van der Waals surface area contributed by atoms with Crippen molar-refractivity contribution in [2.24, 2.45) is 0 Å². The highest BCUT2D eigenvalue weighted by Crippen LogP contribution is 2.21. The molecule has 6 heteroatoms. The quantitative estimate of drug-likeness (QED) is 0.628. The van der Waals surface area contributed by atoms with Crippen molar-refractivity contribution < 1.29 is 4.79 Å². The highest BCUT2D eigenvalue weighted by atomic mass is 32.1. The molecule has 0 spiro atoms. The summed E-state index contributed by atoms with van der Waals surface area (Å²) in [7, 11) is 0. The number of carbonyl (C=O) groups excluding carboxylic acids is 1. The van der Waals surface area contributed by atoms with Gasteiger partial charge in [0, 0.05) is 18.1 Å². The first-order valence-electron chi connectivity index (χ1n) is 7.25. The van der Waals surface area contributed by atoms with Crippen molar-refractivity contribution in [3.8, 4) is 0 Å². The zero-order chi connectivity index (χ0) is 15.8. The summed E-state index contributed by atoms with van der Waals surface area (Å²) in [4.78, 5) is 21.0. The summed E-state index contributed by atoms with van der Waals surface area (Å²) in [5.41, 5.74) is 6.32. The van der Waals surface area contributed by atoms with Gasteiger partial charge in [0.05, 0.1) is 27.8 Å². The zero-order valence-corrected chi connectivity index (χ0v) is 13.3. The maximum absolute atomic E-state index is 12.3. The molecule has 0 bridgehead atoms. The van der Waals surface area contributed by atoms with E-state index < -0.39 is 0 Å². The Balaban J connectivity index is 1.56. The molecule has 0 aliphatic carbocycles. The molecule has 0 unspecified atom stereocenters. The molecule has 0 fully saturated rings. The topological polar surface area (TPSA) is 59.3 Å². The fourth-order valence-electron chi connectivity index (χ4n) is 2.64. The van der Waals surface area contributed by atoms with Crippen molar-refractivity contribution in [2.75, 3.05) is 5.32 Å². The van der Waals surface area contributed by atoms with E-state index in [1.54, 1.807) is 23.0 Å². The molecule has 0 saturated heterocycles. The molecule has 0 aliphatic heterocycles. The lowest BCUT2D eigenvalue weighted by Gasteiger charge is -2.06. The van der Waals surface area contributed by atoms with Crippen LogP contribution in [0.5, 0.6) is 0 Å². The van der Waals surface area contributed by atoms with Crippen molar-refractivity contribution in [1.82, 2.24) is 14.4 Å². The molecule has 0 radical (unpaired) electrons. The molecule has 3 heterocycles. The summed E-state index contributed by atoms with van der Waals surface area (Å²) >= 11 is 1.59. The van der Waals surface area contributed by atoms with E-state index in [1.807, 2.05) is 47.9 Å². The Bertz CT molecular complexity index is 1020. The van der Waals surface area contributed by atoms with Crippen molar-refractivity contribution in [3.63, 3.8) is 0 Å². The second-order valence-corrected chi connectivity index (χ2v) is 6.28. The van der Waals surface area contributed by atoms with Crippen LogP contribution in [0.1, 0.15) is 11.3 Å². The van der Waals surface area contributed by atoms with E-state index in [0.29, 0.717) is 0 Å².